The summed E-state index contributed by atoms with van der Waals surface area (Å²) in [6.07, 6.45) is 0. The molecule has 0 radical (unpaired) electrons. The zero-order chi connectivity index (χ0) is 13.7. The zero-order valence-corrected chi connectivity index (χ0v) is 11.7. The van der Waals surface area contributed by atoms with Crippen LogP contribution in [-0.4, -0.2) is 23.6 Å². The van der Waals surface area contributed by atoms with Gasteiger partial charge in [0.05, 0.1) is 17.3 Å². The largest absolute Gasteiger partial charge is 0.378 e. The number of rotatable bonds is 5. The first-order valence-corrected chi connectivity index (χ1v) is 6.48. The Hall–Kier alpha value is -1.65. The van der Waals surface area contributed by atoms with E-state index in [9.17, 15) is 0 Å². The van der Waals surface area contributed by atoms with Crippen molar-refractivity contribution in [2.45, 2.75) is 13.5 Å². The Morgan fingerprint density at radius 2 is 2.05 bits per heavy atom. The van der Waals surface area contributed by atoms with E-state index in [4.69, 9.17) is 16.3 Å². The van der Waals surface area contributed by atoms with E-state index in [1.165, 1.54) is 0 Å². The van der Waals surface area contributed by atoms with Crippen LogP contribution in [0.4, 0.5) is 5.82 Å². The van der Waals surface area contributed by atoms with E-state index >= 15 is 0 Å². The monoisotopic (exact) mass is 277 g/mol. The van der Waals surface area contributed by atoms with Gasteiger partial charge < -0.3 is 10.1 Å². The zero-order valence-electron chi connectivity index (χ0n) is 11.0. The molecule has 1 aromatic carbocycles. The smallest absolute Gasteiger partial charge is 0.163 e. The number of ether oxygens (including phenoxy) is 1. The number of methoxy groups -OCH3 is 1. The Morgan fingerprint density at radius 1 is 1.26 bits per heavy atom. The van der Waals surface area contributed by atoms with Crippen molar-refractivity contribution in [3.05, 3.63) is 41.0 Å². The molecule has 0 aliphatic heterocycles. The van der Waals surface area contributed by atoms with Crippen molar-refractivity contribution in [2.75, 3.05) is 19.0 Å². The van der Waals surface area contributed by atoms with Gasteiger partial charge in [-0.2, -0.15) is 0 Å². The average molecular weight is 278 g/mol. The van der Waals surface area contributed by atoms with Gasteiger partial charge in [-0.1, -0.05) is 23.7 Å². The number of nitrogens with one attached hydrogen (secondary N) is 1. The molecule has 0 saturated heterocycles. The molecule has 0 saturated carbocycles. The Morgan fingerprint density at radius 3 is 2.74 bits per heavy atom. The minimum Gasteiger partial charge on any atom is -0.378 e. The van der Waals surface area contributed by atoms with Gasteiger partial charge in [0.15, 0.2) is 5.82 Å². The van der Waals surface area contributed by atoms with Crippen molar-refractivity contribution >= 4 is 17.4 Å². The van der Waals surface area contributed by atoms with Crippen molar-refractivity contribution in [3.63, 3.8) is 0 Å². The Kier molecular flexibility index (Phi) is 4.71. The maximum atomic E-state index is 6.19. The van der Waals surface area contributed by atoms with Gasteiger partial charge in [-0.3, -0.25) is 0 Å². The number of benzene rings is 1. The van der Waals surface area contributed by atoms with Crippen LogP contribution < -0.4 is 5.32 Å². The molecular weight excluding hydrogens is 262 g/mol. The Bertz CT molecular complexity index is 536. The van der Waals surface area contributed by atoms with Crippen molar-refractivity contribution in [2.24, 2.45) is 0 Å². The highest BCUT2D eigenvalue weighted by Gasteiger charge is 2.09. The molecule has 0 amide bonds. The van der Waals surface area contributed by atoms with Crippen LogP contribution in [0.1, 0.15) is 12.6 Å². The van der Waals surface area contributed by atoms with Gasteiger partial charge in [-0.15, -0.1) is 0 Å². The molecule has 0 aliphatic rings. The summed E-state index contributed by atoms with van der Waals surface area (Å²) in [6.45, 7) is 3.26. The van der Waals surface area contributed by atoms with E-state index in [0.717, 1.165) is 23.6 Å². The predicted molar refractivity (Wildman–Crippen MR) is 77.4 cm³/mol. The molecule has 0 atom stereocenters. The van der Waals surface area contributed by atoms with E-state index in [-0.39, 0.29) is 0 Å². The fourth-order valence-electron chi connectivity index (χ4n) is 1.75. The van der Waals surface area contributed by atoms with Gasteiger partial charge in [-0.25, -0.2) is 9.97 Å². The molecule has 0 aliphatic carbocycles. The lowest BCUT2D eigenvalue weighted by Gasteiger charge is -2.09. The fourth-order valence-corrected chi connectivity index (χ4v) is 1.97. The van der Waals surface area contributed by atoms with E-state index < -0.39 is 0 Å². The topological polar surface area (TPSA) is 47.0 Å². The van der Waals surface area contributed by atoms with Crippen LogP contribution in [0.5, 0.6) is 0 Å². The summed E-state index contributed by atoms with van der Waals surface area (Å²) in [5, 5.41) is 3.82. The highest BCUT2D eigenvalue weighted by Crippen LogP contribution is 2.25. The summed E-state index contributed by atoms with van der Waals surface area (Å²) in [5.74, 6) is 1.38. The fraction of sp³-hybridized carbons (Fsp3) is 0.286. The number of hydrogen-bond donors (Lipinski definition) is 1. The van der Waals surface area contributed by atoms with Crippen molar-refractivity contribution in [1.29, 1.82) is 0 Å². The lowest BCUT2D eigenvalue weighted by Crippen LogP contribution is -2.04. The van der Waals surface area contributed by atoms with Crippen LogP contribution >= 0.6 is 11.6 Å². The predicted octanol–water partition coefficient (Wildman–Crippen LogP) is 3.38. The molecule has 1 aromatic heterocycles. The maximum absolute atomic E-state index is 6.19. The highest BCUT2D eigenvalue weighted by molar-refractivity contribution is 6.33. The quantitative estimate of drug-likeness (QED) is 0.910. The standard InChI is InChI=1S/C14H16ClN3O/c1-3-16-13-8-10(9-19-2)17-14(18-13)11-6-4-5-7-12(11)15/h4-8H,3,9H2,1-2H3,(H,16,17,18). The number of aromatic nitrogens is 2. The molecule has 0 spiro atoms. The number of nitrogens with zero attached hydrogens (tertiary/aromatic N) is 2. The van der Waals surface area contributed by atoms with E-state index in [1.54, 1.807) is 7.11 Å². The minimum absolute atomic E-state index is 0.443. The number of hydrogen-bond acceptors (Lipinski definition) is 4. The summed E-state index contributed by atoms with van der Waals surface area (Å²) in [5.41, 5.74) is 1.64. The first-order valence-electron chi connectivity index (χ1n) is 6.10. The molecule has 2 aromatic rings. The van der Waals surface area contributed by atoms with Gasteiger partial charge in [0.1, 0.15) is 5.82 Å². The van der Waals surface area contributed by atoms with Crippen LogP contribution in [0, 0.1) is 0 Å². The molecule has 4 nitrogen and oxygen atoms in total. The molecule has 2 rings (SSSR count). The Balaban J connectivity index is 2.46. The van der Waals surface area contributed by atoms with Gasteiger partial charge in [0.2, 0.25) is 0 Å². The lowest BCUT2D eigenvalue weighted by molar-refractivity contribution is 0.181. The third kappa shape index (κ3) is 3.43. The second kappa shape index (κ2) is 6.50. The van der Waals surface area contributed by atoms with E-state index in [0.29, 0.717) is 17.5 Å². The molecule has 1 N–H and O–H groups in total. The molecule has 0 fully saturated rings. The van der Waals surface area contributed by atoms with E-state index in [2.05, 4.69) is 15.3 Å². The summed E-state index contributed by atoms with van der Waals surface area (Å²) in [7, 11) is 1.64. The van der Waals surface area contributed by atoms with Crippen LogP contribution in [0.3, 0.4) is 0 Å². The first-order chi connectivity index (χ1) is 9.24. The molecule has 0 unspecified atom stereocenters. The minimum atomic E-state index is 0.443. The average Bonchev–Trinajstić information content (AvgIpc) is 2.40. The second-order valence-electron chi connectivity index (χ2n) is 4.01. The van der Waals surface area contributed by atoms with Gasteiger partial charge in [0.25, 0.3) is 0 Å². The van der Waals surface area contributed by atoms with E-state index in [1.807, 2.05) is 37.3 Å². The molecule has 100 valence electrons. The third-order valence-corrected chi connectivity index (χ3v) is 2.87. The Labute approximate surface area is 117 Å². The molecule has 19 heavy (non-hydrogen) atoms. The molecular formula is C14H16ClN3O. The summed E-state index contributed by atoms with van der Waals surface area (Å²) in [6, 6.07) is 9.42. The van der Waals surface area contributed by atoms with Crippen LogP contribution in [0.25, 0.3) is 11.4 Å². The maximum Gasteiger partial charge on any atom is 0.163 e. The van der Waals surface area contributed by atoms with Crippen molar-refractivity contribution in [1.82, 2.24) is 9.97 Å². The summed E-state index contributed by atoms with van der Waals surface area (Å²) < 4.78 is 5.13. The highest BCUT2D eigenvalue weighted by atomic mass is 35.5. The SMILES string of the molecule is CCNc1cc(COC)nc(-c2ccccc2Cl)n1. The summed E-state index contributed by atoms with van der Waals surface area (Å²) >= 11 is 6.19. The molecule has 5 heteroatoms. The van der Waals surface area contributed by atoms with Crippen LogP contribution in [0.15, 0.2) is 30.3 Å². The third-order valence-electron chi connectivity index (χ3n) is 2.54. The van der Waals surface area contributed by atoms with Gasteiger partial charge in [0, 0.05) is 25.3 Å². The van der Waals surface area contributed by atoms with Crippen LogP contribution in [-0.2, 0) is 11.3 Å². The summed E-state index contributed by atoms with van der Waals surface area (Å²) in [4.78, 5) is 8.95. The normalized spacial score (nSPS) is 10.5. The van der Waals surface area contributed by atoms with Crippen molar-refractivity contribution in [3.8, 4) is 11.4 Å². The van der Waals surface area contributed by atoms with Gasteiger partial charge >= 0.3 is 0 Å². The number of anilines is 1. The second-order valence-corrected chi connectivity index (χ2v) is 4.42. The molecule has 0 bridgehead atoms. The van der Waals surface area contributed by atoms with Gasteiger partial charge in [-0.05, 0) is 19.1 Å². The lowest BCUT2D eigenvalue weighted by atomic mass is 10.2. The number of halogens is 1. The first kappa shape index (κ1) is 13.8. The molecule has 1 heterocycles. The van der Waals surface area contributed by atoms with Crippen LogP contribution in [0.2, 0.25) is 5.02 Å². The van der Waals surface area contributed by atoms with Crippen molar-refractivity contribution < 1.29 is 4.74 Å².